The molecular weight excluding hydrogens is 362 g/mol. The number of nitrogens with one attached hydrogen (secondary N) is 1. The van der Waals surface area contributed by atoms with Gasteiger partial charge in [0.1, 0.15) is 5.76 Å². The Bertz CT molecular complexity index is 891. The Balaban J connectivity index is 1.62. The van der Waals surface area contributed by atoms with Crippen molar-refractivity contribution in [2.24, 2.45) is 0 Å². The fraction of sp³-hybridized carbons (Fsp3) is 0.316. The van der Waals surface area contributed by atoms with Gasteiger partial charge in [0.05, 0.1) is 23.6 Å². The monoisotopic (exact) mass is 385 g/mol. The van der Waals surface area contributed by atoms with Gasteiger partial charge in [-0.2, -0.15) is 0 Å². The van der Waals surface area contributed by atoms with Crippen LogP contribution < -0.4 is 11.2 Å². The summed E-state index contributed by atoms with van der Waals surface area (Å²) in [6, 6.07) is 11.8. The number of amides is 1. The van der Waals surface area contributed by atoms with Crippen molar-refractivity contribution in [1.82, 2.24) is 20.2 Å². The van der Waals surface area contributed by atoms with Crippen molar-refractivity contribution in [1.29, 1.82) is 0 Å². The number of hydrogen-bond acceptors (Lipinski definition) is 6. The zero-order chi connectivity index (χ0) is 19.2. The predicted octanol–water partition coefficient (Wildman–Crippen LogP) is 3.31. The van der Waals surface area contributed by atoms with Crippen LogP contribution in [0.3, 0.4) is 0 Å². The van der Waals surface area contributed by atoms with E-state index >= 15 is 0 Å². The molecular formula is C19H23N5O2S. The van der Waals surface area contributed by atoms with Crippen molar-refractivity contribution < 1.29 is 9.21 Å². The average molecular weight is 385 g/mol. The molecule has 2 aromatic heterocycles. The van der Waals surface area contributed by atoms with Crippen LogP contribution in [0.15, 0.2) is 52.2 Å². The minimum atomic E-state index is -0.0636. The molecule has 2 heterocycles. The number of thioether (sulfide) groups is 1. The van der Waals surface area contributed by atoms with E-state index in [9.17, 15) is 4.79 Å². The molecule has 0 aliphatic heterocycles. The quantitative estimate of drug-likeness (QED) is 0.456. The Labute approximate surface area is 162 Å². The number of nitrogens with two attached hydrogens (primary N) is 1. The molecule has 1 atom stereocenters. The summed E-state index contributed by atoms with van der Waals surface area (Å²) in [6.07, 6.45) is 3.45. The third-order valence-corrected chi connectivity index (χ3v) is 5.15. The molecule has 0 saturated heterocycles. The minimum absolute atomic E-state index is 0.00388. The minimum Gasteiger partial charge on any atom is -0.469 e. The van der Waals surface area contributed by atoms with Crippen molar-refractivity contribution in [2.45, 2.75) is 37.9 Å². The molecule has 0 aliphatic carbocycles. The Kier molecular flexibility index (Phi) is 6.18. The third-order valence-electron chi connectivity index (χ3n) is 4.21. The SMILES string of the molecule is CCCC(NC(=O)CSc1nnc(-c2ccoc2C)n1N)c1ccccc1. The summed E-state index contributed by atoms with van der Waals surface area (Å²) in [5, 5.41) is 11.8. The summed E-state index contributed by atoms with van der Waals surface area (Å²) in [5.74, 6) is 7.47. The number of rotatable bonds is 8. The fourth-order valence-corrected chi connectivity index (χ4v) is 3.51. The van der Waals surface area contributed by atoms with E-state index in [1.54, 1.807) is 12.3 Å². The molecule has 1 aromatic carbocycles. The first kappa shape index (κ1) is 19.0. The third kappa shape index (κ3) is 4.51. The van der Waals surface area contributed by atoms with Crippen molar-refractivity contribution in [2.75, 3.05) is 11.6 Å². The van der Waals surface area contributed by atoms with Crippen LogP contribution in [0.5, 0.6) is 0 Å². The molecule has 0 saturated carbocycles. The topological polar surface area (TPSA) is 99.0 Å². The van der Waals surface area contributed by atoms with Gasteiger partial charge in [-0.15, -0.1) is 10.2 Å². The number of nitrogens with zero attached hydrogens (tertiary/aromatic N) is 3. The number of furan rings is 1. The number of benzene rings is 1. The van der Waals surface area contributed by atoms with Gasteiger partial charge in [-0.3, -0.25) is 4.79 Å². The maximum Gasteiger partial charge on any atom is 0.230 e. The molecule has 1 unspecified atom stereocenters. The zero-order valence-corrected chi connectivity index (χ0v) is 16.2. The van der Waals surface area contributed by atoms with Crippen molar-refractivity contribution in [3.63, 3.8) is 0 Å². The van der Waals surface area contributed by atoms with Crippen LogP contribution in [0, 0.1) is 6.92 Å². The van der Waals surface area contributed by atoms with Crippen LogP contribution in [0.25, 0.3) is 11.4 Å². The zero-order valence-electron chi connectivity index (χ0n) is 15.4. The van der Waals surface area contributed by atoms with Crippen molar-refractivity contribution in [3.05, 3.63) is 54.0 Å². The first-order valence-corrected chi connectivity index (χ1v) is 9.80. The summed E-state index contributed by atoms with van der Waals surface area (Å²) in [5.41, 5.74) is 1.89. The first-order valence-electron chi connectivity index (χ1n) is 8.82. The molecule has 3 rings (SSSR count). The standard InChI is InChI=1S/C19H23N5O2S/c1-3-7-16(14-8-5-4-6-9-14)21-17(25)12-27-19-23-22-18(24(19)20)15-10-11-26-13(15)2/h4-6,8-11,16H,3,7,12,20H2,1-2H3,(H,21,25). The van der Waals surface area contributed by atoms with Gasteiger partial charge in [0.15, 0.2) is 5.82 Å². The number of carbonyl (C=O) groups is 1. The van der Waals surface area contributed by atoms with E-state index in [-0.39, 0.29) is 17.7 Å². The highest BCUT2D eigenvalue weighted by Gasteiger charge is 2.18. The van der Waals surface area contributed by atoms with Gasteiger partial charge in [-0.1, -0.05) is 55.4 Å². The lowest BCUT2D eigenvalue weighted by Gasteiger charge is -2.18. The molecule has 142 valence electrons. The molecule has 8 heteroatoms. The summed E-state index contributed by atoms with van der Waals surface area (Å²) < 4.78 is 6.67. The highest BCUT2D eigenvalue weighted by atomic mass is 32.2. The smallest absolute Gasteiger partial charge is 0.230 e. The summed E-state index contributed by atoms with van der Waals surface area (Å²) in [6.45, 7) is 3.94. The van der Waals surface area contributed by atoms with Gasteiger partial charge in [0, 0.05) is 0 Å². The summed E-state index contributed by atoms with van der Waals surface area (Å²) in [4.78, 5) is 12.4. The Morgan fingerprint density at radius 3 is 2.74 bits per heavy atom. The van der Waals surface area contributed by atoms with E-state index in [2.05, 4.69) is 22.4 Å². The average Bonchev–Trinajstić information content (AvgIpc) is 3.25. The van der Waals surface area contributed by atoms with E-state index < -0.39 is 0 Å². The lowest BCUT2D eigenvalue weighted by molar-refractivity contribution is -0.119. The lowest BCUT2D eigenvalue weighted by Crippen LogP contribution is -2.30. The summed E-state index contributed by atoms with van der Waals surface area (Å²) >= 11 is 1.26. The van der Waals surface area contributed by atoms with E-state index in [1.165, 1.54) is 16.4 Å². The van der Waals surface area contributed by atoms with Gasteiger partial charge < -0.3 is 15.6 Å². The van der Waals surface area contributed by atoms with Crippen molar-refractivity contribution in [3.8, 4) is 11.4 Å². The van der Waals surface area contributed by atoms with Crippen LogP contribution in [-0.4, -0.2) is 26.5 Å². The van der Waals surface area contributed by atoms with Gasteiger partial charge in [-0.25, -0.2) is 4.68 Å². The predicted molar refractivity (Wildman–Crippen MR) is 106 cm³/mol. The second kappa shape index (κ2) is 8.77. The van der Waals surface area contributed by atoms with Crippen LogP contribution in [0.4, 0.5) is 0 Å². The molecule has 0 fully saturated rings. The van der Waals surface area contributed by atoms with Gasteiger partial charge >= 0.3 is 0 Å². The number of aryl methyl sites for hydroxylation is 1. The second-order valence-electron chi connectivity index (χ2n) is 6.17. The number of aromatic nitrogens is 3. The van der Waals surface area contributed by atoms with Crippen LogP contribution in [-0.2, 0) is 4.79 Å². The molecule has 3 N–H and O–H groups in total. The van der Waals surface area contributed by atoms with Crippen LogP contribution in [0.1, 0.15) is 37.1 Å². The highest BCUT2D eigenvalue weighted by molar-refractivity contribution is 7.99. The van der Waals surface area contributed by atoms with Crippen LogP contribution in [0.2, 0.25) is 0 Å². The summed E-state index contributed by atoms with van der Waals surface area (Å²) in [7, 11) is 0. The molecule has 27 heavy (non-hydrogen) atoms. The van der Waals surface area contributed by atoms with E-state index in [4.69, 9.17) is 10.3 Å². The molecule has 1 amide bonds. The van der Waals surface area contributed by atoms with Crippen LogP contribution >= 0.6 is 11.8 Å². The van der Waals surface area contributed by atoms with Gasteiger partial charge in [-0.05, 0) is 25.0 Å². The molecule has 0 bridgehead atoms. The molecule has 0 aliphatic rings. The number of carbonyl (C=O) groups excluding carboxylic acids is 1. The first-order chi connectivity index (χ1) is 13.1. The number of nitrogen functional groups attached to an aromatic ring is 1. The van der Waals surface area contributed by atoms with E-state index in [0.717, 1.165) is 24.0 Å². The molecule has 0 radical (unpaired) electrons. The van der Waals surface area contributed by atoms with E-state index in [0.29, 0.717) is 16.7 Å². The Morgan fingerprint density at radius 2 is 2.07 bits per heavy atom. The van der Waals surface area contributed by atoms with Gasteiger partial charge in [0.25, 0.3) is 0 Å². The fourth-order valence-electron chi connectivity index (χ4n) is 2.84. The largest absolute Gasteiger partial charge is 0.469 e. The maximum absolute atomic E-state index is 12.4. The van der Waals surface area contributed by atoms with E-state index in [1.807, 2.05) is 37.3 Å². The highest BCUT2D eigenvalue weighted by Crippen LogP contribution is 2.25. The maximum atomic E-state index is 12.4. The Morgan fingerprint density at radius 1 is 1.30 bits per heavy atom. The molecule has 0 spiro atoms. The second-order valence-corrected chi connectivity index (χ2v) is 7.12. The van der Waals surface area contributed by atoms with Gasteiger partial charge in [0.2, 0.25) is 11.1 Å². The molecule has 7 nitrogen and oxygen atoms in total. The lowest BCUT2D eigenvalue weighted by atomic mass is 10.0. The van der Waals surface area contributed by atoms with Crippen molar-refractivity contribution >= 4 is 17.7 Å². The normalized spacial score (nSPS) is 12.1. The Hall–Kier alpha value is -2.74. The molecule has 3 aromatic rings. The number of hydrogen-bond donors (Lipinski definition) is 2.